The van der Waals surface area contributed by atoms with E-state index < -0.39 is 0 Å². The third-order valence-electron chi connectivity index (χ3n) is 4.46. The van der Waals surface area contributed by atoms with Crippen LogP contribution in [0.4, 0.5) is 4.39 Å². The highest BCUT2D eigenvalue weighted by atomic mass is 32.1. The molecule has 0 amide bonds. The van der Waals surface area contributed by atoms with Crippen LogP contribution in [-0.4, -0.2) is 19.5 Å². The second-order valence-corrected chi connectivity index (χ2v) is 7.28. The molecule has 0 spiro atoms. The van der Waals surface area contributed by atoms with Gasteiger partial charge in [0.15, 0.2) is 5.82 Å². The van der Waals surface area contributed by atoms with Crippen LogP contribution in [-0.2, 0) is 6.54 Å². The number of halogens is 1. The number of aromatic nitrogens is 4. The summed E-state index contributed by atoms with van der Waals surface area (Å²) in [7, 11) is 0. The maximum atomic E-state index is 14.0. The van der Waals surface area contributed by atoms with E-state index in [9.17, 15) is 4.39 Å². The number of imidazole rings is 1. The molecular formula is C22H15FN4S. The molecule has 0 saturated carbocycles. The summed E-state index contributed by atoms with van der Waals surface area (Å²) in [5, 5.41) is 3.08. The molecule has 0 saturated heterocycles. The Labute approximate surface area is 165 Å². The Bertz CT molecular complexity index is 1210. The minimum absolute atomic E-state index is 0.318. The first-order valence-electron chi connectivity index (χ1n) is 8.84. The lowest BCUT2D eigenvalue weighted by Crippen LogP contribution is -2.01. The van der Waals surface area contributed by atoms with Gasteiger partial charge in [0.1, 0.15) is 16.5 Å². The van der Waals surface area contributed by atoms with Crippen molar-refractivity contribution in [3.05, 3.63) is 89.9 Å². The summed E-state index contributed by atoms with van der Waals surface area (Å²) in [5.41, 5.74) is 4.01. The van der Waals surface area contributed by atoms with Gasteiger partial charge in [0, 0.05) is 23.3 Å². The maximum Gasteiger partial charge on any atom is 0.163 e. The topological polar surface area (TPSA) is 43.6 Å². The summed E-state index contributed by atoms with van der Waals surface area (Å²) >= 11 is 1.63. The molecule has 136 valence electrons. The normalized spacial score (nSPS) is 11.2. The molecule has 3 heterocycles. The SMILES string of the molecule is Fc1ccccc1-c1nc2ccn(Cc3csc(-c4ccccc4)n3)cc-2n1. The van der Waals surface area contributed by atoms with Crippen LogP contribution in [0, 0.1) is 5.82 Å². The summed E-state index contributed by atoms with van der Waals surface area (Å²) in [5.74, 6) is 0.0902. The Morgan fingerprint density at radius 1 is 0.857 bits per heavy atom. The van der Waals surface area contributed by atoms with E-state index in [-0.39, 0.29) is 5.82 Å². The van der Waals surface area contributed by atoms with Gasteiger partial charge in [-0.2, -0.15) is 0 Å². The molecule has 0 fully saturated rings. The van der Waals surface area contributed by atoms with E-state index in [1.165, 1.54) is 6.07 Å². The van der Waals surface area contributed by atoms with E-state index in [1.54, 1.807) is 29.5 Å². The standard InChI is InChI=1S/C22H15FN4S/c23-18-9-5-4-8-17(18)21-25-19-10-11-27(13-20(19)26-21)12-16-14-28-22(24-16)15-6-2-1-3-7-15/h1-11,13-14H,12H2. The van der Waals surface area contributed by atoms with Gasteiger partial charge >= 0.3 is 0 Å². The van der Waals surface area contributed by atoms with Gasteiger partial charge in [-0.15, -0.1) is 11.3 Å². The number of hydrogen-bond acceptors (Lipinski definition) is 4. The van der Waals surface area contributed by atoms with Crippen molar-refractivity contribution >= 4 is 11.3 Å². The predicted molar refractivity (Wildman–Crippen MR) is 109 cm³/mol. The summed E-state index contributed by atoms with van der Waals surface area (Å²) in [6.07, 6.45) is 3.87. The molecule has 5 rings (SSSR count). The lowest BCUT2D eigenvalue weighted by molar-refractivity contribution is 0.630. The fraction of sp³-hybridized carbons (Fsp3) is 0.0455. The second-order valence-electron chi connectivity index (χ2n) is 6.42. The van der Waals surface area contributed by atoms with Crippen molar-refractivity contribution in [1.82, 2.24) is 19.5 Å². The molecule has 0 bridgehead atoms. The summed E-state index contributed by atoms with van der Waals surface area (Å²) in [6.45, 7) is 0.640. The van der Waals surface area contributed by atoms with Crippen LogP contribution in [0.3, 0.4) is 0 Å². The van der Waals surface area contributed by atoms with Crippen molar-refractivity contribution in [2.24, 2.45) is 0 Å². The average molecular weight is 386 g/mol. The Morgan fingerprint density at radius 3 is 2.50 bits per heavy atom. The highest BCUT2D eigenvalue weighted by molar-refractivity contribution is 7.13. The van der Waals surface area contributed by atoms with Gasteiger partial charge in [-0.3, -0.25) is 0 Å². The fourth-order valence-electron chi connectivity index (χ4n) is 3.09. The van der Waals surface area contributed by atoms with Gasteiger partial charge < -0.3 is 4.57 Å². The maximum absolute atomic E-state index is 14.0. The first kappa shape index (κ1) is 16.8. The number of nitrogens with zero attached hydrogens (tertiary/aromatic N) is 4. The molecule has 3 aromatic rings. The Balaban J connectivity index is 1.43. The van der Waals surface area contributed by atoms with E-state index in [4.69, 9.17) is 4.98 Å². The molecule has 4 nitrogen and oxygen atoms in total. The van der Waals surface area contributed by atoms with Gasteiger partial charge in [-0.25, -0.2) is 19.3 Å². The van der Waals surface area contributed by atoms with Crippen molar-refractivity contribution in [3.8, 4) is 33.3 Å². The monoisotopic (exact) mass is 386 g/mol. The zero-order valence-electron chi connectivity index (χ0n) is 14.8. The van der Waals surface area contributed by atoms with Gasteiger partial charge in [-0.05, 0) is 18.2 Å². The van der Waals surface area contributed by atoms with Gasteiger partial charge in [0.25, 0.3) is 0 Å². The average Bonchev–Trinajstić information content (AvgIpc) is 3.36. The molecule has 28 heavy (non-hydrogen) atoms. The third-order valence-corrected chi connectivity index (χ3v) is 5.40. The van der Waals surface area contributed by atoms with Crippen LogP contribution in [0.1, 0.15) is 5.69 Å². The molecule has 0 aliphatic carbocycles. The molecule has 2 aromatic carbocycles. The highest BCUT2D eigenvalue weighted by Crippen LogP contribution is 2.27. The fourth-order valence-corrected chi connectivity index (χ4v) is 3.91. The van der Waals surface area contributed by atoms with E-state index >= 15 is 0 Å². The van der Waals surface area contributed by atoms with Crippen LogP contribution in [0.5, 0.6) is 0 Å². The molecule has 0 radical (unpaired) electrons. The first-order chi connectivity index (χ1) is 13.8. The second kappa shape index (κ2) is 6.98. The molecule has 0 N–H and O–H groups in total. The summed E-state index contributed by atoms with van der Waals surface area (Å²) in [6, 6.07) is 18.6. The van der Waals surface area contributed by atoms with Crippen LogP contribution >= 0.6 is 11.3 Å². The summed E-state index contributed by atoms with van der Waals surface area (Å²) in [4.78, 5) is 13.7. The summed E-state index contributed by atoms with van der Waals surface area (Å²) < 4.78 is 16.0. The largest absolute Gasteiger partial charge is 0.346 e. The Kier molecular flexibility index (Phi) is 4.18. The predicted octanol–water partition coefficient (Wildman–Crippen LogP) is 5.36. The van der Waals surface area contributed by atoms with Crippen LogP contribution in [0.15, 0.2) is 78.4 Å². The van der Waals surface area contributed by atoms with Crippen molar-refractivity contribution in [3.63, 3.8) is 0 Å². The molecule has 0 atom stereocenters. The van der Waals surface area contributed by atoms with E-state index in [0.29, 0.717) is 17.9 Å². The number of rotatable bonds is 4. The van der Waals surface area contributed by atoms with Gasteiger partial charge in [-0.1, -0.05) is 42.5 Å². The van der Waals surface area contributed by atoms with E-state index in [2.05, 4.69) is 27.5 Å². The smallest absolute Gasteiger partial charge is 0.163 e. The molecule has 2 aliphatic heterocycles. The van der Waals surface area contributed by atoms with Crippen molar-refractivity contribution < 1.29 is 4.39 Å². The number of thiazole rings is 1. The molecular weight excluding hydrogens is 371 g/mol. The lowest BCUT2D eigenvalue weighted by atomic mass is 10.2. The first-order valence-corrected chi connectivity index (χ1v) is 9.72. The van der Waals surface area contributed by atoms with Gasteiger partial charge in [0.2, 0.25) is 0 Å². The van der Waals surface area contributed by atoms with Crippen LogP contribution < -0.4 is 0 Å². The van der Waals surface area contributed by atoms with Crippen molar-refractivity contribution in [2.75, 3.05) is 0 Å². The minimum atomic E-state index is -0.318. The number of fused-ring (bicyclic) bond motifs is 1. The molecule has 1 aromatic heterocycles. The van der Waals surface area contributed by atoms with Crippen LogP contribution in [0.25, 0.3) is 33.3 Å². The van der Waals surface area contributed by atoms with Crippen molar-refractivity contribution in [2.45, 2.75) is 6.54 Å². The molecule has 2 aliphatic rings. The molecule has 6 heteroatoms. The number of pyridine rings is 1. The number of hydrogen-bond donors (Lipinski definition) is 0. The quantitative estimate of drug-likeness (QED) is 0.418. The minimum Gasteiger partial charge on any atom is -0.346 e. The highest BCUT2D eigenvalue weighted by Gasteiger charge is 2.15. The zero-order chi connectivity index (χ0) is 18.9. The lowest BCUT2D eigenvalue weighted by Gasteiger charge is -2.05. The van der Waals surface area contributed by atoms with E-state index in [1.807, 2.05) is 41.2 Å². The number of benzene rings is 2. The van der Waals surface area contributed by atoms with Crippen molar-refractivity contribution in [1.29, 1.82) is 0 Å². The zero-order valence-corrected chi connectivity index (χ0v) is 15.6. The van der Waals surface area contributed by atoms with Crippen LogP contribution in [0.2, 0.25) is 0 Å². The Hall–Kier alpha value is -3.38. The third kappa shape index (κ3) is 3.18. The van der Waals surface area contributed by atoms with Gasteiger partial charge in [0.05, 0.1) is 23.5 Å². The van der Waals surface area contributed by atoms with E-state index in [0.717, 1.165) is 27.7 Å². The molecule has 0 unspecified atom stereocenters. The Morgan fingerprint density at radius 2 is 1.64 bits per heavy atom.